The summed E-state index contributed by atoms with van der Waals surface area (Å²) in [4.78, 5) is 0. The average molecular weight is 203 g/mol. The summed E-state index contributed by atoms with van der Waals surface area (Å²) >= 11 is 0. The third-order valence-electron chi connectivity index (χ3n) is 0.935. The molecule has 0 unspecified atom stereocenters. The zero-order valence-corrected chi connectivity index (χ0v) is 8.19. The summed E-state index contributed by atoms with van der Waals surface area (Å²) < 4.78 is 9.75. The molecule has 0 aliphatic rings. The molecule has 0 heterocycles. The van der Waals surface area contributed by atoms with Crippen molar-refractivity contribution in [1.82, 2.24) is 0 Å². The Hall–Kier alpha value is -0.930. The van der Waals surface area contributed by atoms with E-state index < -0.39 is 0 Å². The van der Waals surface area contributed by atoms with Crippen molar-refractivity contribution < 1.29 is 19.7 Å². The van der Waals surface area contributed by atoms with Gasteiger partial charge in [0.1, 0.15) is 0 Å². The minimum atomic E-state index is 0.0417. The van der Waals surface area contributed by atoms with Gasteiger partial charge in [-0.05, 0) is 0 Å². The fraction of sp³-hybridized carbons (Fsp3) is 0.667. The van der Waals surface area contributed by atoms with Crippen LogP contribution in [0, 0.1) is 11.3 Å². The molecule has 0 radical (unpaired) electrons. The SMILES string of the molecule is C=CC#N.OCCOCCOCCO. The molecular weight excluding hydrogens is 186 g/mol. The van der Waals surface area contributed by atoms with Gasteiger partial charge in [0, 0.05) is 6.08 Å². The van der Waals surface area contributed by atoms with Gasteiger partial charge >= 0.3 is 0 Å². The number of aliphatic hydroxyl groups excluding tert-OH is 2. The largest absolute Gasteiger partial charge is 0.394 e. The predicted molar refractivity (Wildman–Crippen MR) is 51.6 cm³/mol. The molecule has 0 bridgehead atoms. The van der Waals surface area contributed by atoms with Crippen LogP contribution in [0.25, 0.3) is 0 Å². The van der Waals surface area contributed by atoms with Gasteiger partial charge in [0.2, 0.25) is 0 Å². The van der Waals surface area contributed by atoms with Gasteiger partial charge in [0.25, 0.3) is 0 Å². The number of nitrogens with zero attached hydrogens (tertiary/aromatic N) is 1. The molecule has 0 spiro atoms. The van der Waals surface area contributed by atoms with Gasteiger partial charge in [0.05, 0.1) is 45.7 Å². The molecule has 5 nitrogen and oxygen atoms in total. The summed E-state index contributed by atoms with van der Waals surface area (Å²) in [5.74, 6) is 0. The van der Waals surface area contributed by atoms with Crippen molar-refractivity contribution in [2.45, 2.75) is 0 Å². The zero-order chi connectivity index (χ0) is 11.1. The molecule has 0 aromatic carbocycles. The third-order valence-corrected chi connectivity index (χ3v) is 0.935. The molecule has 0 aromatic rings. The Bertz CT molecular complexity index is 136. The van der Waals surface area contributed by atoms with Gasteiger partial charge in [-0.3, -0.25) is 0 Å². The van der Waals surface area contributed by atoms with E-state index in [4.69, 9.17) is 24.9 Å². The highest BCUT2D eigenvalue weighted by atomic mass is 16.5. The quantitative estimate of drug-likeness (QED) is 0.438. The van der Waals surface area contributed by atoms with Crippen molar-refractivity contribution in [3.05, 3.63) is 12.7 Å². The minimum absolute atomic E-state index is 0.0417. The van der Waals surface area contributed by atoms with E-state index in [0.29, 0.717) is 26.4 Å². The average Bonchev–Trinajstić information content (AvgIpc) is 2.24. The van der Waals surface area contributed by atoms with Crippen LogP contribution in [0.5, 0.6) is 0 Å². The highest BCUT2D eigenvalue weighted by Gasteiger charge is 1.86. The number of hydrogen-bond acceptors (Lipinski definition) is 5. The van der Waals surface area contributed by atoms with Crippen molar-refractivity contribution >= 4 is 0 Å². The lowest BCUT2D eigenvalue weighted by Gasteiger charge is -2.01. The fourth-order valence-electron chi connectivity index (χ4n) is 0.451. The van der Waals surface area contributed by atoms with Crippen LogP contribution in [0.1, 0.15) is 0 Å². The molecule has 0 rings (SSSR count). The van der Waals surface area contributed by atoms with Gasteiger partial charge in [-0.15, -0.1) is 0 Å². The lowest BCUT2D eigenvalue weighted by Crippen LogP contribution is -2.09. The summed E-state index contributed by atoms with van der Waals surface area (Å²) in [5, 5.41) is 24.0. The summed E-state index contributed by atoms with van der Waals surface area (Å²) in [6, 6.07) is 1.69. The Labute approximate surface area is 84.2 Å². The van der Waals surface area contributed by atoms with Crippen molar-refractivity contribution in [2.24, 2.45) is 0 Å². The smallest absolute Gasteiger partial charge is 0.0905 e. The Morgan fingerprint density at radius 1 is 1.07 bits per heavy atom. The number of nitriles is 1. The van der Waals surface area contributed by atoms with Gasteiger partial charge in [-0.25, -0.2) is 0 Å². The van der Waals surface area contributed by atoms with E-state index in [0.717, 1.165) is 0 Å². The van der Waals surface area contributed by atoms with Crippen molar-refractivity contribution in [1.29, 1.82) is 5.26 Å². The van der Waals surface area contributed by atoms with Crippen molar-refractivity contribution in [3.8, 4) is 6.07 Å². The Morgan fingerprint density at radius 3 is 1.64 bits per heavy atom. The van der Waals surface area contributed by atoms with Crippen LogP contribution >= 0.6 is 0 Å². The molecular formula is C9H17NO4. The molecule has 14 heavy (non-hydrogen) atoms. The van der Waals surface area contributed by atoms with E-state index in [1.165, 1.54) is 6.08 Å². The van der Waals surface area contributed by atoms with Crippen LogP contribution in [0.2, 0.25) is 0 Å². The van der Waals surface area contributed by atoms with Crippen LogP contribution in [0.4, 0.5) is 0 Å². The molecule has 0 aromatic heterocycles. The van der Waals surface area contributed by atoms with Crippen LogP contribution < -0.4 is 0 Å². The first-order chi connectivity index (χ1) is 6.83. The lowest BCUT2D eigenvalue weighted by molar-refractivity contribution is 0.0222. The summed E-state index contributed by atoms with van der Waals surface area (Å²) in [6.07, 6.45) is 1.18. The molecule has 0 aliphatic heterocycles. The van der Waals surface area contributed by atoms with Crippen LogP contribution in [0.3, 0.4) is 0 Å². The molecule has 5 heteroatoms. The molecule has 82 valence electrons. The Morgan fingerprint density at radius 2 is 1.43 bits per heavy atom. The molecule has 2 N–H and O–H groups in total. The van der Waals surface area contributed by atoms with E-state index in [1.807, 2.05) is 0 Å². The maximum absolute atomic E-state index is 8.26. The molecule has 0 amide bonds. The maximum atomic E-state index is 8.26. The van der Waals surface area contributed by atoms with Crippen LogP contribution in [-0.2, 0) is 9.47 Å². The Kier molecular flexibility index (Phi) is 20.0. The van der Waals surface area contributed by atoms with Gasteiger partial charge in [-0.1, -0.05) is 6.58 Å². The lowest BCUT2D eigenvalue weighted by atomic mass is 10.7. The Balaban J connectivity index is 0. The van der Waals surface area contributed by atoms with Crippen molar-refractivity contribution in [3.63, 3.8) is 0 Å². The number of allylic oxidation sites excluding steroid dienone is 1. The third kappa shape index (κ3) is 22.5. The monoisotopic (exact) mass is 203 g/mol. The summed E-state index contributed by atoms with van der Waals surface area (Å²) in [6.45, 7) is 4.85. The van der Waals surface area contributed by atoms with E-state index in [9.17, 15) is 0 Å². The standard InChI is InChI=1S/C6H14O4.C3H3N/c7-1-3-9-5-6-10-4-2-8;1-2-3-4/h7-8H,1-6H2;2H,1H2. The normalized spacial score (nSPS) is 8.36. The van der Waals surface area contributed by atoms with Crippen molar-refractivity contribution in [2.75, 3.05) is 39.6 Å². The van der Waals surface area contributed by atoms with Crippen LogP contribution in [0.15, 0.2) is 12.7 Å². The predicted octanol–water partition coefficient (Wildman–Crippen LogP) is -0.300. The zero-order valence-electron chi connectivity index (χ0n) is 8.19. The second kappa shape index (κ2) is 18.0. The number of aliphatic hydroxyl groups is 2. The highest BCUT2D eigenvalue weighted by molar-refractivity contribution is 4.93. The topological polar surface area (TPSA) is 82.7 Å². The highest BCUT2D eigenvalue weighted by Crippen LogP contribution is 1.76. The van der Waals surface area contributed by atoms with E-state index >= 15 is 0 Å². The number of rotatable bonds is 7. The van der Waals surface area contributed by atoms with Gasteiger partial charge in [0.15, 0.2) is 0 Å². The number of hydrogen-bond donors (Lipinski definition) is 2. The molecule has 0 saturated carbocycles. The van der Waals surface area contributed by atoms with Gasteiger partial charge in [-0.2, -0.15) is 5.26 Å². The van der Waals surface area contributed by atoms with Gasteiger partial charge < -0.3 is 19.7 Å². The first-order valence-corrected chi connectivity index (χ1v) is 4.21. The number of ether oxygens (including phenoxy) is 2. The van der Waals surface area contributed by atoms with E-state index in [1.54, 1.807) is 6.07 Å². The first kappa shape index (κ1) is 15.5. The maximum Gasteiger partial charge on any atom is 0.0905 e. The summed E-state index contributed by atoms with van der Waals surface area (Å²) in [5.41, 5.74) is 0. The summed E-state index contributed by atoms with van der Waals surface area (Å²) in [7, 11) is 0. The molecule has 0 saturated heterocycles. The molecule has 0 fully saturated rings. The fourth-order valence-corrected chi connectivity index (χ4v) is 0.451. The van der Waals surface area contributed by atoms with Crippen LogP contribution in [-0.4, -0.2) is 49.9 Å². The second-order valence-corrected chi connectivity index (χ2v) is 2.01. The molecule has 0 atom stereocenters. The second-order valence-electron chi connectivity index (χ2n) is 2.01. The van der Waals surface area contributed by atoms with E-state index in [-0.39, 0.29) is 13.2 Å². The minimum Gasteiger partial charge on any atom is -0.394 e. The molecule has 0 aliphatic carbocycles. The van der Waals surface area contributed by atoms with E-state index in [2.05, 4.69) is 6.58 Å². The first-order valence-electron chi connectivity index (χ1n) is 4.21.